The van der Waals surface area contributed by atoms with Crippen molar-refractivity contribution in [1.29, 1.82) is 0 Å². The molecule has 0 aromatic carbocycles. The van der Waals surface area contributed by atoms with Crippen LogP contribution in [0.15, 0.2) is 0 Å². The fourth-order valence-electron chi connectivity index (χ4n) is 1.28. The molecule has 1 unspecified atom stereocenters. The summed E-state index contributed by atoms with van der Waals surface area (Å²) in [4.78, 5) is 2.23. The van der Waals surface area contributed by atoms with Crippen molar-refractivity contribution in [2.75, 3.05) is 26.3 Å². The van der Waals surface area contributed by atoms with Crippen LogP contribution in [-0.4, -0.2) is 48.5 Å². The molecule has 0 amide bonds. The van der Waals surface area contributed by atoms with E-state index in [1.165, 1.54) is 0 Å². The fourth-order valence-corrected chi connectivity index (χ4v) is 1.28. The van der Waals surface area contributed by atoms with E-state index >= 15 is 0 Å². The zero-order valence-electron chi connectivity index (χ0n) is 7.29. The Morgan fingerprint density at radius 1 is 1.55 bits per heavy atom. The lowest BCUT2D eigenvalue weighted by atomic mass is 10.3. The number of aliphatic hydroxyl groups is 1. The molecule has 11 heavy (non-hydrogen) atoms. The number of nitrogens with zero attached hydrogens (tertiary/aromatic N) is 1. The Morgan fingerprint density at radius 2 is 2.27 bits per heavy atom. The normalized spacial score (nSPS) is 28.9. The fraction of sp³-hybridized carbons (Fsp3) is 1.00. The molecular weight excluding hydrogens is 142 g/mol. The molecule has 0 saturated carbocycles. The Morgan fingerprint density at radius 3 is 2.91 bits per heavy atom. The van der Waals surface area contributed by atoms with Crippen molar-refractivity contribution in [2.45, 2.75) is 26.0 Å². The van der Waals surface area contributed by atoms with E-state index in [-0.39, 0.29) is 6.10 Å². The number of β-amino-alcohol motifs (C(OH)–C–C–N with tert-alkyl or cyclic N) is 1. The first-order valence-electron chi connectivity index (χ1n) is 4.20. The summed E-state index contributed by atoms with van der Waals surface area (Å²) in [6.45, 7) is 7.20. The Kier molecular flexibility index (Phi) is 3.30. The predicted molar refractivity (Wildman–Crippen MR) is 43.5 cm³/mol. The molecule has 1 heterocycles. The summed E-state index contributed by atoms with van der Waals surface area (Å²) < 4.78 is 5.20. The molecular formula is C8H17NO2. The summed E-state index contributed by atoms with van der Waals surface area (Å²) in [6.07, 6.45) is -0.306. The highest BCUT2D eigenvalue weighted by Crippen LogP contribution is 2.03. The lowest BCUT2D eigenvalue weighted by Crippen LogP contribution is -2.37. The van der Waals surface area contributed by atoms with Gasteiger partial charge in [-0.05, 0) is 13.8 Å². The molecule has 0 aliphatic carbocycles. The summed E-state index contributed by atoms with van der Waals surface area (Å²) >= 11 is 0. The zero-order chi connectivity index (χ0) is 8.27. The molecule has 1 rings (SSSR count). The van der Waals surface area contributed by atoms with E-state index in [1.54, 1.807) is 0 Å². The molecule has 3 nitrogen and oxygen atoms in total. The van der Waals surface area contributed by atoms with Crippen LogP contribution in [0.5, 0.6) is 0 Å². The Labute approximate surface area is 68.0 Å². The van der Waals surface area contributed by atoms with E-state index in [1.807, 2.05) is 0 Å². The number of ether oxygens (including phenoxy) is 1. The summed E-state index contributed by atoms with van der Waals surface area (Å²) in [5, 5.41) is 9.34. The number of aliphatic hydroxyl groups excluding tert-OH is 1. The van der Waals surface area contributed by atoms with E-state index in [0.717, 1.165) is 19.7 Å². The van der Waals surface area contributed by atoms with E-state index in [0.29, 0.717) is 12.6 Å². The summed E-state index contributed by atoms with van der Waals surface area (Å²) in [6, 6.07) is 0.506. The highest BCUT2D eigenvalue weighted by molar-refractivity contribution is 4.70. The molecule has 1 N–H and O–H groups in total. The Hall–Kier alpha value is -0.120. The summed E-state index contributed by atoms with van der Waals surface area (Å²) in [7, 11) is 0. The van der Waals surface area contributed by atoms with Crippen molar-refractivity contribution in [3.8, 4) is 0 Å². The van der Waals surface area contributed by atoms with Crippen LogP contribution in [-0.2, 0) is 4.74 Å². The maximum Gasteiger partial charge on any atom is 0.0900 e. The third kappa shape index (κ3) is 2.77. The summed E-state index contributed by atoms with van der Waals surface area (Å²) in [5.41, 5.74) is 0. The topological polar surface area (TPSA) is 32.7 Å². The third-order valence-corrected chi connectivity index (χ3v) is 2.01. The molecule has 0 aromatic heterocycles. The van der Waals surface area contributed by atoms with E-state index in [9.17, 15) is 5.11 Å². The van der Waals surface area contributed by atoms with Crippen molar-refractivity contribution in [3.63, 3.8) is 0 Å². The Bertz CT molecular complexity index is 117. The van der Waals surface area contributed by atoms with Gasteiger partial charge in [0.25, 0.3) is 0 Å². The quantitative estimate of drug-likeness (QED) is 0.588. The van der Waals surface area contributed by atoms with Crippen LogP contribution in [0.4, 0.5) is 0 Å². The highest BCUT2D eigenvalue weighted by Gasteiger charge is 2.17. The molecule has 1 aliphatic rings. The minimum absolute atomic E-state index is 0.306. The first-order chi connectivity index (χ1) is 5.20. The molecule has 1 saturated heterocycles. The van der Waals surface area contributed by atoms with Gasteiger partial charge in [0, 0.05) is 19.1 Å². The SMILES string of the molecule is CC(C)N1CCOCC(O)C1. The standard InChI is InChI=1S/C8H17NO2/c1-7(2)9-3-4-11-6-8(10)5-9/h7-8,10H,3-6H2,1-2H3. The molecule has 0 bridgehead atoms. The molecule has 1 atom stereocenters. The zero-order valence-corrected chi connectivity index (χ0v) is 7.29. The molecule has 0 radical (unpaired) electrons. The molecule has 0 spiro atoms. The molecule has 0 aromatic rings. The minimum atomic E-state index is -0.306. The van der Waals surface area contributed by atoms with Gasteiger partial charge in [-0.25, -0.2) is 0 Å². The predicted octanol–water partition coefficient (Wildman–Crippen LogP) is 0.0879. The van der Waals surface area contributed by atoms with Crippen LogP contribution < -0.4 is 0 Å². The van der Waals surface area contributed by atoms with Gasteiger partial charge in [0.15, 0.2) is 0 Å². The van der Waals surface area contributed by atoms with Crippen molar-refractivity contribution < 1.29 is 9.84 Å². The van der Waals surface area contributed by atoms with Gasteiger partial charge in [-0.2, -0.15) is 0 Å². The Balaban J connectivity index is 2.39. The second-order valence-corrected chi connectivity index (χ2v) is 3.32. The van der Waals surface area contributed by atoms with E-state index < -0.39 is 0 Å². The van der Waals surface area contributed by atoms with Crippen molar-refractivity contribution in [2.24, 2.45) is 0 Å². The largest absolute Gasteiger partial charge is 0.389 e. The van der Waals surface area contributed by atoms with Gasteiger partial charge in [0.1, 0.15) is 0 Å². The van der Waals surface area contributed by atoms with Gasteiger partial charge >= 0.3 is 0 Å². The first kappa shape index (κ1) is 8.97. The molecule has 1 fully saturated rings. The van der Waals surface area contributed by atoms with Crippen molar-refractivity contribution in [1.82, 2.24) is 4.90 Å². The van der Waals surface area contributed by atoms with Crippen LogP contribution in [0, 0.1) is 0 Å². The average molecular weight is 159 g/mol. The first-order valence-corrected chi connectivity index (χ1v) is 4.20. The summed E-state index contributed by atoms with van der Waals surface area (Å²) in [5.74, 6) is 0. The van der Waals surface area contributed by atoms with Gasteiger partial charge in [-0.1, -0.05) is 0 Å². The van der Waals surface area contributed by atoms with Gasteiger partial charge < -0.3 is 9.84 Å². The molecule has 66 valence electrons. The van der Waals surface area contributed by atoms with Crippen LogP contribution >= 0.6 is 0 Å². The van der Waals surface area contributed by atoms with Gasteiger partial charge in [0.05, 0.1) is 19.3 Å². The van der Waals surface area contributed by atoms with Crippen LogP contribution in [0.1, 0.15) is 13.8 Å². The number of hydrogen-bond donors (Lipinski definition) is 1. The number of hydrogen-bond acceptors (Lipinski definition) is 3. The minimum Gasteiger partial charge on any atom is -0.389 e. The second kappa shape index (κ2) is 4.04. The van der Waals surface area contributed by atoms with Crippen LogP contribution in [0.2, 0.25) is 0 Å². The third-order valence-electron chi connectivity index (χ3n) is 2.01. The van der Waals surface area contributed by atoms with Crippen molar-refractivity contribution >= 4 is 0 Å². The van der Waals surface area contributed by atoms with Crippen LogP contribution in [0.25, 0.3) is 0 Å². The maximum absolute atomic E-state index is 9.34. The average Bonchev–Trinajstić information content (AvgIpc) is 2.13. The van der Waals surface area contributed by atoms with E-state index in [2.05, 4.69) is 18.7 Å². The van der Waals surface area contributed by atoms with Gasteiger partial charge in [0.2, 0.25) is 0 Å². The van der Waals surface area contributed by atoms with Gasteiger partial charge in [-0.3, -0.25) is 4.90 Å². The second-order valence-electron chi connectivity index (χ2n) is 3.32. The van der Waals surface area contributed by atoms with Crippen molar-refractivity contribution in [3.05, 3.63) is 0 Å². The van der Waals surface area contributed by atoms with Gasteiger partial charge in [-0.15, -0.1) is 0 Å². The highest BCUT2D eigenvalue weighted by atomic mass is 16.5. The van der Waals surface area contributed by atoms with Crippen LogP contribution in [0.3, 0.4) is 0 Å². The maximum atomic E-state index is 9.34. The number of rotatable bonds is 1. The monoisotopic (exact) mass is 159 g/mol. The smallest absolute Gasteiger partial charge is 0.0900 e. The lowest BCUT2D eigenvalue weighted by Gasteiger charge is -2.24. The van der Waals surface area contributed by atoms with E-state index in [4.69, 9.17) is 4.74 Å². The lowest BCUT2D eigenvalue weighted by molar-refractivity contribution is 0.0552. The molecule has 3 heteroatoms. The molecule has 1 aliphatic heterocycles.